The molecule has 0 atom stereocenters. The van der Waals surface area contributed by atoms with Gasteiger partial charge < -0.3 is 4.18 Å². The van der Waals surface area contributed by atoms with Crippen molar-refractivity contribution < 1.29 is 25.8 Å². The number of allylic oxidation sites excluding steroid dienone is 4. The molecule has 0 saturated heterocycles. The molecule has 102 valence electrons. The summed E-state index contributed by atoms with van der Waals surface area (Å²) in [6.45, 7) is 6.67. The highest BCUT2D eigenvalue weighted by Crippen LogP contribution is 2.33. The Morgan fingerprint density at radius 3 is 2.22 bits per heavy atom. The Morgan fingerprint density at radius 1 is 1.33 bits per heavy atom. The average molecular weight is 412 g/mol. The maximum absolute atomic E-state index is 12.2. The first-order valence-electron chi connectivity index (χ1n) is 4.14. The summed E-state index contributed by atoms with van der Waals surface area (Å²) in [5.74, 6) is -0.471. The molecule has 0 unspecified atom stereocenters. The van der Waals surface area contributed by atoms with E-state index in [1.165, 1.54) is 18.2 Å². The quantitative estimate of drug-likeness (QED) is 0.217. The average Bonchev–Trinajstić information content (AvgIpc) is 2.25. The van der Waals surface area contributed by atoms with Gasteiger partial charge in [-0.3, -0.25) is 0 Å². The minimum Gasteiger partial charge on any atom is -0.375 e. The summed E-state index contributed by atoms with van der Waals surface area (Å²) in [6.07, 6.45) is 4.75. The van der Waals surface area contributed by atoms with E-state index < -0.39 is 21.4 Å². The van der Waals surface area contributed by atoms with E-state index in [1.54, 1.807) is 21.2 Å². The van der Waals surface area contributed by atoms with E-state index in [-0.39, 0.29) is 4.91 Å². The fraction of sp³-hybridized carbons (Fsp3) is 0.111. The highest BCUT2D eigenvalue weighted by Gasteiger charge is 2.48. The predicted molar refractivity (Wildman–Crippen MR) is 74.2 cm³/mol. The second-order valence-electron chi connectivity index (χ2n) is 2.59. The molecule has 9 heteroatoms. The highest BCUT2D eigenvalue weighted by molar-refractivity contribution is 14.2. The van der Waals surface area contributed by atoms with Crippen molar-refractivity contribution in [3.8, 4) is 0 Å². The van der Waals surface area contributed by atoms with Gasteiger partial charge in [0.15, 0.2) is 5.76 Å². The van der Waals surface area contributed by atoms with Gasteiger partial charge in [-0.15, -0.1) is 0 Å². The molecule has 0 aromatic carbocycles. The van der Waals surface area contributed by atoms with Gasteiger partial charge in [0.25, 0.3) is 0 Å². The molecule has 0 radical (unpaired) electrons. The van der Waals surface area contributed by atoms with Crippen molar-refractivity contribution in [2.45, 2.75) is 5.51 Å². The van der Waals surface area contributed by atoms with E-state index in [9.17, 15) is 21.6 Å². The molecule has 0 N–H and O–H groups in total. The van der Waals surface area contributed by atoms with E-state index >= 15 is 0 Å². The molecule has 0 fully saturated rings. The van der Waals surface area contributed by atoms with Gasteiger partial charge in [-0.25, -0.2) is 0 Å². The third-order valence-electron chi connectivity index (χ3n) is 1.38. The highest BCUT2D eigenvalue weighted by atomic mass is 127. The van der Waals surface area contributed by atoms with E-state index in [0.29, 0.717) is 0 Å². The SMILES string of the molecule is C=C/C=C\C(OS(=O)(=O)C(F)(F)F)=C(/C=C)SI. The minimum absolute atomic E-state index is 0.140. The lowest BCUT2D eigenvalue weighted by Gasteiger charge is -2.11. The van der Waals surface area contributed by atoms with Crippen molar-refractivity contribution in [1.29, 1.82) is 0 Å². The van der Waals surface area contributed by atoms with Crippen LogP contribution < -0.4 is 0 Å². The first-order valence-corrected chi connectivity index (χ1v) is 8.91. The molecule has 0 amide bonds. The van der Waals surface area contributed by atoms with Crippen LogP contribution in [0.4, 0.5) is 13.2 Å². The summed E-state index contributed by atoms with van der Waals surface area (Å²) in [7, 11) is -4.73. The van der Waals surface area contributed by atoms with Crippen molar-refractivity contribution in [2.75, 3.05) is 0 Å². The summed E-state index contributed by atoms with van der Waals surface area (Å²) < 4.78 is 62.3. The summed E-state index contributed by atoms with van der Waals surface area (Å²) in [4.78, 5) is 0.140. The molecule has 0 spiro atoms. The zero-order valence-corrected chi connectivity index (χ0v) is 12.6. The Morgan fingerprint density at radius 2 is 1.89 bits per heavy atom. The van der Waals surface area contributed by atoms with Gasteiger partial charge >= 0.3 is 15.6 Å². The monoisotopic (exact) mass is 412 g/mol. The fourth-order valence-electron chi connectivity index (χ4n) is 0.642. The molecule has 0 heterocycles. The standard InChI is InChI=1S/C9H8F3IO3S2/c1-3-5-6-7(8(4-2)17-13)16-18(14,15)9(10,11)12/h3-6H,1-2H2/b6-5-,8-7-. The van der Waals surface area contributed by atoms with Gasteiger partial charge in [0.2, 0.25) is 0 Å². The van der Waals surface area contributed by atoms with E-state index in [1.807, 2.05) is 0 Å². The number of hydrogen-bond donors (Lipinski definition) is 0. The van der Waals surface area contributed by atoms with Crippen molar-refractivity contribution in [3.63, 3.8) is 0 Å². The number of alkyl halides is 3. The summed E-state index contributed by atoms with van der Waals surface area (Å²) in [6, 6.07) is 0. The number of hydrogen-bond acceptors (Lipinski definition) is 4. The number of rotatable bonds is 6. The van der Waals surface area contributed by atoms with Gasteiger partial charge in [-0.1, -0.05) is 31.4 Å². The lowest BCUT2D eigenvalue weighted by molar-refractivity contribution is -0.0519. The van der Waals surface area contributed by atoms with Crippen LogP contribution in [0.15, 0.2) is 48.1 Å². The van der Waals surface area contributed by atoms with Crippen LogP contribution >= 0.6 is 30.1 Å². The normalized spacial score (nSPS) is 14.2. The zero-order valence-electron chi connectivity index (χ0n) is 8.78. The molecule has 0 bridgehead atoms. The van der Waals surface area contributed by atoms with Crippen molar-refractivity contribution in [3.05, 3.63) is 48.1 Å². The largest absolute Gasteiger partial charge is 0.534 e. The molecular formula is C9H8F3IO3S2. The van der Waals surface area contributed by atoms with Gasteiger partial charge in [-0.2, -0.15) is 21.6 Å². The van der Waals surface area contributed by atoms with Gasteiger partial charge in [-0.05, 0) is 15.0 Å². The Labute approximate surface area is 119 Å². The summed E-state index contributed by atoms with van der Waals surface area (Å²) >= 11 is 1.76. The zero-order chi connectivity index (χ0) is 14.4. The van der Waals surface area contributed by atoms with Gasteiger partial charge in [0.05, 0.1) is 4.91 Å². The van der Waals surface area contributed by atoms with Crippen LogP contribution in [-0.4, -0.2) is 13.9 Å². The van der Waals surface area contributed by atoms with Crippen molar-refractivity contribution in [2.24, 2.45) is 0 Å². The number of halogens is 4. The maximum atomic E-state index is 12.2. The topological polar surface area (TPSA) is 43.4 Å². The summed E-state index contributed by atoms with van der Waals surface area (Å²) in [5, 5.41) is 0. The van der Waals surface area contributed by atoms with Crippen molar-refractivity contribution in [1.82, 2.24) is 0 Å². The Bertz CT molecular complexity index is 478. The molecule has 0 aromatic heterocycles. The molecule has 0 aliphatic carbocycles. The molecule has 18 heavy (non-hydrogen) atoms. The first kappa shape index (κ1) is 17.6. The smallest absolute Gasteiger partial charge is 0.375 e. The molecule has 0 rings (SSSR count). The molecule has 0 aliphatic heterocycles. The van der Waals surface area contributed by atoms with Gasteiger partial charge in [0.1, 0.15) is 0 Å². The molecule has 0 saturated carbocycles. The second kappa shape index (κ2) is 7.24. The maximum Gasteiger partial charge on any atom is 0.534 e. The van der Waals surface area contributed by atoms with E-state index in [2.05, 4.69) is 17.3 Å². The van der Waals surface area contributed by atoms with Crippen LogP contribution in [0.2, 0.25) is 0 Å². The van der Waals surface area contributed by atoms with Crippen LogP contribution in [0, 0.1) is 0 Å². The third kappa shape index (κ3) is 5.06. The molecule has 3 nitrogen and oxygen atoms in total. The van der Waals surface area contributed by atoms with Crippen LogP contribution in [-0.2, 0) is 14.3 Å². The first-order chi connectivity index (χ1) is 8.19. The second-order valence-corrected chi connectivity index (χ2v) is 6.04. The van der Waals surface area contributed by atoms with Gasteiger partial charge in [0, 0.05) is 21.2 Å². The van der Waals surface area contributed by atoms with Crippen molar-refractivity contribution >= 4 is 40.3 Å². The van der Waals surface area contributed by atoms with E-state index in [4.69, 9.17) is 0 Å². The van der Waals surface area contributed by atoms with Crippen LogP contribution in [0.5, 0.6) is 0 Å². The summed E-state index contributed by atoms with van der Waals surface area (Å²) in [5.41, 5.74) is -5.48. The molecule has 0 aliphatic rings. The predicted octanol–water partition coefficient (Wildman–Crippen LogP) is 4.08. The molecule has 0 aromatic rings. The lowest BCUT2D eigenvalue weighted by Crippen LogP contribution is -2.25. The lowest BCUT2D eigenvalue weighted by atomic mass is 10.4. The van der Waals surface area contributed by atoms with Crippen LogP contribution in [0.1, 0.15) is 0 Å². The Hall–Kier alpha value is -0.420. The van der Waals surface area contributed by atoms with E-state index in [0.717, 1.165) is 15.0 Å². The fourth-order valence-corrected chi connectivity index (χ4v) is 2.61. The Balaban J connectivity index is 5.55. The van der Waals surface area contributed by atoms with Crippen LogP contribution in [0.3, 0.4) is 0 Å². The molecular weight excluding hydrogens is 404 g/mol. The minimum atomic E-state index is -5.70. The van der Waals surface area contributed by atoms with Crippen LogP contribution in [0.25, 0.3) is 0 Å². The third-order valence-corrected chi connectivity index (χ3v) is 4.30. The Kier molecular flexibility index (Phi) is 7.07.